The van der Waals surface area contributed by atoms with Crippen molar-refractivity contribution < 1.29 is 0 Å². The fourth-order valence-electron chi connectivity index (χ4n) is 1.60. The zero-order chi connectivity index (χ0) is 9.26. The summed E-state index contributed by atoms with van der Waals surface area (Å²) < 4.78 is 1.11. The molecule has 0 aromatic rings. The monoisotopic (exact) mass is 244 g/mol. The van der Waals surface area contributed by atoms with Crippen LogP contribution in [0.5, 0.6) is 0 Å². The maximum atomic E-state index is 5.83. The molecule has 0 aromatic carbocycles. The molecule has 2 rings (SSSR count). The smallest absolute Gasteiger partial charge is 0.105 e. The molecular weight excluding hydrogens is 232 g/mol. The topological polar surface area (TPSA) is 44.9 Å². The lowest BCUT2D eigenvalue weighted by Crippen LogP contribution is -2.43. The third kappa shape index (κ3) is 2.10. The molecule has 0 aromatic heterocycles. The minimum atomic E-state index is 0.318. The van der Waals surface area contributed by atoms with Gasteiger partial charge in [-0.3, -0.25) is 5.01 Å². The normalized spacial score (nSPS) is 29.5. The molecule has 0 aliphatic carbocycles. The molecule has 72 valence electrons. The van der Waals surface area contributed by atoms with Crippen LogP contribution in [0, 0.1) is 0 Å². The third-order valence-corrected chi connectivity index (χ3v) is 2.75. The van der Waals surface area contributed by atoms with E-state index in [2.05, 4.69) is 30.9 Å². The molecule has 1 saturated heterocycles. The number of hydrogen-bond acceptors (Lipinski definition) is 4. The number of nitrogens with two attached hydrogens (primary N) is 1. The average Bonchev–Trinajstić information content (AvgIpc) is 2.52. The molecule has 0 saturated carbocycles. The van der Waals surface area contributed by atoms with Crippen molar-refractivity contribution in [3.8, 4) is 0 Å². The molecule has 4 nitrogen and oxygen atoms in total. The van der Waals surface area contributed by atoms with E-state index in [4.69, 9.17) is 5.73 Å². The summed E-state index contributed by atoms with van der Waals surface area (Å²) in [5.41, 5.74) is 5.83. The molecule has 1 atom stereocenters. The van der Waals surface area contributed by atoms with Crippen LogP contribution in [-0.4, -0.2) is 42.0 Å². The summed E-state index contributed by atoms with van der Waals surface area (Å²) in [5.74, 6) is 0. The van der Waals surface area contributed by atoms with Crippen molar-refractivity contribution in [2.45, 2.75) is 12.5 Å². The zero-order valence-electron chi connectivity index (χ0n) is 7.36. The predicted octanol–water partition coefficient (Wildman–Crippen LogP) is 0.515. The summed E-state index contributed by atoms with van der Waals surface area (Å²) in [7, 11) is 0. The highest BCUT2D eigenvalue weighted by Crippen LogP contribution is 2.16. The minimum Gasteiger partial charge on any atom is -0.326 e. The van der Waals surface area contributed by atoms with Gasteiger partial charge in [0.1, 0.15) is 6.34 Å². The van der Waals surface area contributed by atoms with Gasteiger partial charge < -0.3 is 5.73 Å². The Balaban J connectivity index is 1.96. The molecule has 2 aliphatic rings. The van der Waals surface area contributed by atoms with Crippen LogP contribution in [0.25, 0.3) is 0 Å². The van der Waals surface area contributed by atoms with E-state index < -0.39 is 0 Å². The van der Waals surface area contributed by atoms with Crippen molar-refractivity contribution in [2.75, 3.05) is 19.6 Å². The van der Waals surface area contributed by atoms with Gasteiger partial charge in [-0.2, -0.15) is 0 Å². The molecule has 13 heavy (non-hydrogen) atoms. The number of aliphatic imine (C=N–C) groups is 1. The molecule has 0 bridgehead atoms. The lowest BCUT2D eigenvalue weighted by atomic mass is 10.3. The van der Waals surface area contributed by atoms with Crippen LogP contribution in [0.3, 0.4) is 0 Å². The van der Waals surface area contributed by atoms with Gasteiger partial charge in [0.15, 0.2) is 0 Å². The molecule has 2 aliphatic heterocycles. The van der Waals surface area contributed by atoms with Gasteiger partial charge in [0.25, 0.3) is 0 Å². The van der Waals surface area contributed by atoms with Crippen molar-refractivity contribution in [1.29, 1.82) is 0 Å². The molecule has 1 unspecified atom stereocenters. The van der Waals surface area contributed by atoms with Crippen LogP contribution >= 0.6 is 15.9 Å². The van der Waals surface area contributed by atoms with Crippen molar-refractivity contribution in [2.24, 2.45) is 10.7 Å². The van der Waals surface area contributed by atoms with Crippen LogP contribution < -0.4 is 5.73 Å². The van der Waals surface area contributed by atoms with E-state index in [9.17, 15) is 0 Å². The van der Waals surface area contributed by atoms with E-state index in [0.29, 0.717) is 6.04 Å². The third-order valence-electron chi connectivity index (χ3n) is 2.29. The van der Waals surface area contributed by atoms with E-state index in [-0.39, 0.29) is 0 Å². The van der Waals surface area contributed by atoms with Gasteiger partial charge in [0.2, 0.25) is 0 Å². The second kappa shape index (κ2) is 3.77. The molecule has 5 heteroatoms. The maximum absolute atomic E-state index is 5.83. The highest BCUT2D eigenvalue weighted by Gasteiger charge is 2.24. The van der Waals surface area contributed by atoms with Crippen molar-refractivity contribution in [3.05, 3.63) is 10.7 Å². The Bertz CT molecular complexity index is 251. The Morgan fingerprint density at radius 1 is 1.62 bits per heavy atom. The van der Waals surface area contributed by atoms with Crippen LogP contribution in [0.4, 0.5) is 0 Å². The first-order valence-electron chi connectivity index (χ1n) is 4.40. The predicted molar refractivity (Wildman–Crippen MR) is 56.4 cm³/mol. The maximum Gasteiger partial charge on any atom is 0.105 e. The quantitative estimate of drug-likeness (QED) is 0.732. The van der Waals surface area contributed by atoms with Gasteiger partial charge in [0, 0.05) is 29.8 Å². The lowest BCUT2D eigenvalue weighted by Gasteiger charge is -2.30. The van der Waals surface area contributed by atoms with E-state index >= 15 is 0 Å². The first-order valence-corrected chi connectivity index (χ1v) is 5.20. The number of hydrazine groups is 1. The number of rotatable bonds is 1. The first kappa shape index (κ1) is 9.18. The molecular formula is C8H13BrN4. The molecule has 0 radical (unpaired) electrons. The Kier molecular flexibility index (Phi) is 2.66. The van der Waals surface area contributed by atoms with Gasteiger partial charge in [-0.05, 0) is 6.42 Å². The average molecular weight is 245 g/mol. The summed E-state index contributed by atoms with van der Waals surface area (Å²) in [6.07, 6.45) is 4.75. The van der Waals surface area contributed by atoms with E-state index in [0.717, 1.165) is 30.5 Å². The summed E-state index contributed by atoms with van der Waals surface area (Å²) >= 11 is 3.44. The summed E-state index contributed by atoms with van der Waals surface area (Å²) in [6, 6.07) is 0.318. The molecule has 2 heterocycles. The van der Waals surface area contributed by atoms with Crippen molar-refractivity contribution in [3.63, 3.8) is 0 Å². The van der Waals surface area contributed by atoms with Crippen LogP contribution in [0.1, 0.15) is 6.42 Å². The Hall–Kier alpha value is -0.390. The number of hydrogen-bond donors (Lipinski definition) is 1. The van der Waals surface area contributed by atoms with Crippen LogP contribution in [-0.2, 0) is 0 Å². The van der Waals surface area contributed by atoms with Gasteiger partial charge >= 0.3 is 0 Å². The van der Waals surface area contributed by atoms with Gasteiger partial charge in [0.05, 0.1) is 6.54 Å². The highest BCUT2D eigenvalue weighted by atomic mass is 79.9. The number of halogens is 1. The fourth-order valence-corrected chi connectivity index (χ4v) is 1.98. The SMILES string of the molecule is NC1CCN(N2C=NC=C(Br)C2)C1. The molecule has 0 amide bonds. The van der Waals surface area contributed by atoms with E-state index in [1.165, 1.54) is 0 Å². The second-order valence-corrected chi connectivity index (χ2v) is 4.42. The largest absolute Gasteiger partial charge is 0.326 e. The van der Waals surface area contributed by atoms with Crippen LogP contribution in [0.2, 0.25) is 0 Å². The molecule has 2 N–H and O–H groups in total. The standard InChI is InChI=1S/C8H13BrN4/c9-7-3-11-6-13(4-7)12-2-1-8(10)5-12/h3,6,8H,1-2,4-5,10H2. The van der Waals surface area contributed by atoms with Crippen molar-refractivity contribution >= 4 is 22.3 Å². The van der Waals surface area contributed by atoms with E-state index in [1.54, 1.807) is 0 Å². The van der Waals surface area contributed by atoms with Crippen molar-refractivity contribution in [1.82, 2.24) is 10.0 Å². The molecule has 0 spiro atoms. The lowest BCUT2D eigenvalue weighted by molar-refractivity contribution is 0.0891. The second-order valence-electron chi connectivity index (χ2n) is 3.40. The first-order chi connectivity index (χ1) is 6.25. The fraction of sp³-hybridized carbons (Fsp3) is 0.625. The summed E-state index contributed by atoms with van der Waals surface area (Å²) in [4.78, 5) is 4.12. The highest BCUT2D eigenvalue weighted by molar-refractivity contribution is 9.11. The van der Waals surface area contributed by atoms with E-state index in [1.807, 2.05) is 12.5 Å². The molecule has 1 fully saturated rings. The Morgan fingerprint density at radius 3 is 3.08 bits per heavy atom. The summed E-state index contributed by atoms with van der Waals surface area (Å²) in [5, 5.41) is 4.35. The summed E-state index contributed by atoms with van der Waals surface area (Å²) in [6.45, 7) is 2.84. The Morgan fingerprint density at radius 2 is 2.46 bits per heavy atom. The van der Waals surface area contributed by atoms with Gasteiger partial charge in [-0.25, -0.2) is 10.0 Å². The van der Waals surface area contributed by atoms with Gasteiger partial charge in [-0.15, -0.1) is 0 Å². The van der Waals surface area contributed by atoms with Crippen LogP contribution in [0.15, 0.2) is 15.7 Å². The zero-order valence-corrected chi connectivity index (χ0v) is 8.94. The Labute approximate surface area is 86.2 Å². The minimum absolute atomic E-state index is 0.318. The van der Waals surface area contributed by atoms with Gasteiger partial charge in [-0.1, -0.05) is 15.9 Å². The number of nitrogens with zero attached hydrogens (tertiary/aromatic N) is 3.